The number of hydrogen-bond acceptors (Lipinski definition) is 6. The number of fused-ring (bicyclic) bond motifs is 1. The molecule has 3 aromatic heterocycles. The Morgan fingerprint density at radius 3 is 2.68 bits per heavy atom. The lowest BCUT2D eigenvalue weighted by Crippen LogP contribution is -2.36. The van der Waals surface area contributed by atoms with Crippen LogP contribution < -0.4 is 5.69 Å². The van der Waals surface area contributed by atoms with Gasteiger partial charge in [0.2, 0.25) is 0 Å². The summed E-state index contributed by atoms with van der Waals surface area (Å²) in [4.78, 5) is 22.1. The highest BCUT2D eigenvalue weighted by atomic mass is 19.1. The summed E-state index contributed by atoms with van der Waals surface area (Å²) < 4.78 is 32.0. The summed E-state index contributed by atoms with van der Waals surface area (Å²) in [5.74, 6) is 0.591. The van der Waals surface area contributed by atoms with Crippen LogP contribution in [0, 0.1) is 23.0 Å². The van der Waals surface area contributed by atoms with Crippen molar-refractivity contribution in [1.82, 2.24) is 34.1 Å². The van der Waals surface area contributed by atoms with E-state index < -0.39 is 17.7 Å². The van der Waals surface area contributed by atoms with Crippen molar-refractivity contribution in [2.24, 2.45) is 0 Å². The molecule has 4 aromatic rings. The number of halogens is 2. The van der Waals surface area contributed by atoms with Crippen molar-refractivity contribution in [2.45, 2.75) is 43.7 Å². The number of aromatic nitrogens is 7. The lowest BCUT2D eigenvalue weighted by molar-refractivity contribution is 0.229. The molecule has 2 aliphatic rings. The predicted octanol–water partition coefficient (Wildman–Crippen LogP) is 2.82. The average Bonchev–Trinajstić information content (AvgIpc) is 3.50. The molecule has 0 bridgehead atoms. The van der Waals surface area contributed by atoms with Gasteiger partial charge in [0.25, 0.3) is 0 Å². The molecule has 1 aliphatic heterocycles. The van der Waals surface area contributed by atoms with Crippen molar-refractivity contribution < 1.29 is 8.78 Å². The van der Waals surface area contributed by atoms with E-state index in [0.29, 0.717) is 54.3 Å². The van der Waals surface area contributed by atoms with Gasteiger partial charge in [0.1, 0.15) is 29.4 Å². The molecule has 0 radical (unpaired) electrons. The van der Waals surface area contributed by atoms with Gasteiger partial charge < -0.3 is 0 Å². The molecule has 1 aliphatic carbocycles. The first-order valence-electron chi connectivity index (χ1n) is 10.9. The van der Waals surface area contributed by atoms with Crippen LogP contribution in [-0.4, -0.2) is 34.1 Å². The molecular weight excluding hydrogens is 442 g/mol. The van der Waals surface area contributed by atoms with E-state index in [2.05, 4.69) is 20.2 Å². The SMILES string of the molecule is N#Cc1cnn(-c2ccnc(C3CC(n4nc5n(c4=O)[C@H](c4cc(F)cc(F)c4)CC5)C3)n2)c1. The first-order valence-corrected chi connectivity index (χ1v) is 10.9. The van der Waals surface area contributed by atoms with Gasteiger partial charge in [-0.25, -0.2) is 32.9 Å². The molecular formula is C23H18F2N8O. The van der Waals surface area contributed by atoms with Crippen LogP contribution in [0.4, 0.5) is 8.78 Å². The number of benzene rings is 1. The van der Waals surface area contributed by atoms with Crippen molar-refractivity contribution in [3.05, 3.63) is 87.8 Å². The lowest BCUT2D eigenvalue weighted by Gasteiger charge is -2.33. The maximum absolute atomic E-state index is 13.7. The van der Waals surface area contributed by atoms with Gasteiger partial charge >= 0.3 is 5.69 Å². The molecule has 0 unspecified atom stereocenters. The van der Waals surface area contributed by atoms with Gasteiger partial charge in [-0.1, -0.05) is 0 Å². The van der Waals surface area contributed by atoms with Crippen LogP contribution in [0.15, 0.2) is 47.7 Å². The summed E-state index contributed by atoms with van der Waals surface area (Å²) in [6.45, 7) is 0. The predicted molar refractivity (Wildman–Crippen MR) is 114 cm³/mol. The summed E-state index contributed by atoms with van der Waals surface area (Å²) in [5, 5.41) is 17.7. The van der Waals surface area contributed by atoms with Crippen molar-refractivity contribution in [3.8, 4) is 11.9 Å². The van der Waals surface area contributed by atoms with Crippen LogP contribution >= 0.6 is 0 Å². The normalized spacial score (nSPS) is 21.1. The van der Waals surface area contributed by atoms with Crippen LogP contribution in [0.3, 0.4) is 0 Å². The molecule has 1 atom stereocenters. The van der Waals surface area contributed by atoms with E-state index in [0.717, 1.165) is 6.07 Å². The summed E-state index contributed by atoms with van der Waals surface area (Å²) in [6, 6.07) is 6.60. The highest BCUT2D eigenvalue weighted by molar-refractivity contribution is 5.29. The van der Waals surface area contributed by atoms with Crippen LogP contribution in [-0.2, 0) is 6.42 Å². The fraction of sp³-hybridized carbons (Fsp3) is 0.304. The lowest BCUT2D eigenvalue weighted by atomic mass is 9.80. The van der Waals surface area contributed by atoms with E-state index in [-0.39, 0.29) is 17.6 Å². The number of nitriles is 1. The van der Waals surface area contributed by atoms with Crippen molar-refractivity contribution >= 4 is 0 Å². The number of nitrogens with zero attached hydrogens (tertiary/aromatic N) is 8. The average molecular weight is 460 g/mol. The highest BCUT2D eigenvalue weighted by Crippen LogP contribution is 2.43. The Labute approximate surface area is 191 Å². The first kappa shape index (κ1) is 20.4. The van der Waals surface area contributed by atoms with E-state index in [1.807, 2.05) is 6.07 Å². The molecule has 4 heterocycles. The van der Waals surface area contributed by atoms with Crippen LogP contribution in [0.1, 0.15) is 60.0 Å². The fourth-order valence-corrected chi connectivity index (χ4v) is 4.83. The van der Waals surface area contributed by atoms with Crippen molar-refractivity contribution in [2.75, 3.05) is 0 Å². The molecule has 0 spiro atoms. The van der Waals surface area contributed by atoms with E-state index in [1.54, 1.807) is 23.0 Å². The summed E-state index contributed by atoms with van der Waals surface area (Å²) in [6.07, 6.45) is 7.18. The van der Waals surface area contributed by atoms with E-state index in [4.69, 9.17) is 5.26 Å². The third kappa shape index (κ3) is 3.30. The van der Waals surface area contributed by atoms with Gasteiger partial charge in [0, 0.05) is 30.7 Å². The maximum atomic E-state index is 13.7. The van der Waals surface area contributed by atoms with E-state index >= 15 is 0 Å². The third-order valence-corrected chi connectivity index (χ3v) is 6.56. The van der Waals surface area contributed by atoms with Crippen LogP contribution in [0.5, 0.6) is 0 Å². The van der Waals surface area contributed by atoms with Crippen LogP contribution in [0.25, 0.3) is 5.82 Å². The monoisotopic (exact) mass is 460 g/mol. The molecule has 1 aromatic carbocycles. The quantitative estimate of drug-likeness (QED) is 0.464. The Bertz CT molecular complexity index is 1490. The maximum Gasteiger partial charge on any atom is 0.346 e. The van der Waals surface area contributed by atoms with E-state index in [1.165, 1.54) is 27.7 Å². The molecule has 1 fully saturated rings. The first-order chi connectivity index (χ1) is 16.5. The largest absolute Gasteiger partial charge is 0.346 e. The molecule has 9 nitrogen and oxygen atoms in total. The summed E-state index contributed by atoms with van der Waals surface area (Å²) in [7, 11) is 0. The molecule has 34 heavy (non-hydrogen) atoms. The Morgan fingerprint density at radius 1 is 1.15 bits per heavy atom. The molecule has 11 heteroatoms. The second kappa shape index (κ2) is 7.69. The van der Waals surface area contributed by atoms with Crippen molar-refractivity contribution in [1.29, 1.82) is 5.26 Å². The standard InChI is InChI=1S/C23H18F2N8O/c24-16-5-14(6-17(25)9-16)19-1-2-21-30-33(23(34)32(19)21)18-7-15(8-18)22-27-4-3-20(29-22)31-12-13(10-26)11-28-31/h3-6,9,11-12,15,18-19H,1-2,7-8H2/t15?,18?,19-/m0/s1. The summed E-state index contributed by atoms with van der Waals surface area (Å²) >= 11 is 0. The van der Waals surface area contributed by atoms with Gasteiger partial charge in [0.05, 0.1) is 30.0 Å². The fourth-order valence-electron chi connectivity index (χ4n) is 4.83. The smallest absolute Gasteiger partial charge is 0.271 e. The van der Waals surface area contributed by atoms with Gasteiger partial charge in [0.15, 0.2) is 5.82 Å². The Kier molecular flexibility index (Phi) is 4.62. The highest BCUT2D eigenvalue weighted by Gasteiger charge is 2.38. The summed E-state index contributed by atoms with van der Waals surface area (Å²) in [5.41, 5.74) is 0.615. The second-order valence-corrected chi connectivity index (χ2v) is 8.65. The van der Waals surface area contributed by atoms with Gasteiger partial charge in [-0.3, -0.25) is 4.57 Å². The molecule has 170 valence electrons. The molecule has 1 saturated carbocycles. The van der Waals surface area contributed by atoms with Gasteiger partial charge in [-0.15, -0.1) is 0 Å². The third-order valence-electron chi connectivity index (χ3n) is 6.56. The van der Waals surface area contributed by atoms with Crippen molar-refractivity contribution in [3.63, 3.8) is 0 Å². The number of hydrogen-bond donors (Lipinski definition) is 0. The number of rotatable bonds is 4. The minimum atomic E-state index is -0.660. The second-order valence-electron chi connectivity index (χ2n) is 8.65. The molecule has 0 amide bonds. The van der Waals surface area contributed by atoms with Gasteiger partial charge in [-0.05, 0) is 37.0 Å². The minimum Gasteiger partial charge on any atom is -0.271 e. The zero-order valence-corrected chi connectivity index (χ0v) is 17.8. The zero-order valence-electron chi connectivity index (χ0n) is 17.8. The van der Waals surface area contributed by atoms with Gasteiger partial charge in [-0.2, -0.15) is 15.5 Å². The molecule has 6 rings (SSSR count). The zero-order chi connectivity index (χ0) is 23.4. The molecule has 0 saturated heterocycles. The number of aryl methyl sites for hydroxylation is 1. The Morgan fingerprint density at radius 2 is 1.94 bits per heavy atom. The van der Waals surface area contributed by atoms with Crippen LogP contribution in [0.2, 0.25) is 0 Å². The Hall–Kier alpha value is -4.20. The topological polar surface area (TPSA) is 107 Å². The Balaban J connectivity index is 1.22. The molecule has 0 N–H and O–H groups in total. The minimum absolute atomic E-state index is 0.0625. The van der Waals surface area contributed by atoms with E-state index in [9.17, 15) is 13.6 Å².